The lowest BCUT2D eigenvalue weighted by atomic mass is 9.94. The number of aromatic nitrogens is 1. The Morgan fingerprint density at radius 1 is 0.742 bits per heavy atom. The van der Waals surface area contributed by atoms with Crippen LogP contribution in [0.2, 0.25) is 0 Å². The van der Waals surface area contributed by atoms with Gasteiger partial charge in [0.1, 0.15) is 30.4 Å². The smallest absolute Gasteiger partial charge is 0.253 e. The van der Waals surface area contributed by atoms with Crippen molar-refractivity contribution >= 4 is 105 Å². The molecule has 3 aromatic rings. The summed E-state index contributed by atoms with van der Waals surface area (Å²) in [5.74, 6) is -11.4. The highest BCUT2D eigenvalue weighted by Crippen LogP contribution is 2.30. The third kappa shape index (κ3) is 19.9. The fourth-order valence-electron chi connectivity index (χ4n) is 9.84. The summed E-state index contributed by atoms with van der Waals surface area (Å²) in [6.07, 6.45) is -1.28. The molecule has 1 unspecified atom stereocenters. The number of aryl methyl sites for hydroxylation is 1. The number of H-pyrrole nitrogens is 1. The highest BCUT2D eigenvalue weighted by molar-refractivity contribution is 7.99. The number of thioether (sulfide) groups is 1. The summed E-state index contributed by atoms with van der Waals surface area (Å²) in [5.41, 5.74) is 2.47. The van der Waals surface area contributed by atoms with E-state index in [0.717, 1.165) is 33.5 Å². The molecule has 15 N–H and O–H groups in total. The Morgan fingerprint density at radius 3 is 2.07 bits per heavy atom. The number of aliphatic hydroxyl groups excluding tert-OH is 3. The molecule has 0 aliphatic carbocycles. The Bertz CT molecular complexity index is 3140. The molecule has 10 atom stereocenters. The van der Waals surface area contributed by atoms with Crippen molar-refractivity contribution in [2.75, 3.05) is 56.9 Å². The van der Waals surface area contributed by atoms with E-state index in [9.17, 15) is 77.6 Å². The molecule has 3 aliphatic rings. The molecule has 2 saturated heterocycles. The molecule has 1 aromatic heterocycles. The SMILES string of the molecule is CC[C@H](C)[C@@H]1NC(=O)CNC(=O)CNC(=O)[C@H]([C@@H](C)[C@@H](O)CO)NC(=O)[C@@H]2CCCN2[C@@H](O)[C@H](CC(=O)NCc2ccc(NC(=O)[C@H](C)NC(=O)CNC(=O)CCN3C(=O)C=CC3=O)cc2)NC(=O)C(CSc2[nH]c3ccccc3c2C)NC(=O)CNC1=O. The van der Waals surface area contributed by atoms with Gasteiger partial charge in [-0.05, 0) is 61.9 Å². The summed E-state index contributed by atoms with van der Waals surface area (Å²) in [7, 11) is 0. The highest BCUT2D eigenvalue weighted by Gasteiger charge is 2.42. The van der Waals surface area contributed by atoms with Crippen molar-refractivity contribution in [3.8, 4) is 0 Å². The molecule has 2 fully saturated rings. The Balaban J connectivity index is 1.20. The number of imide groups is 1. The molecule has 31 heteroatoms. The average Bonchev–Trinajstić information content (AvgIpc) is 3.68. The van der Waals surface area contributed by atoms with Crippen LogP contribution in [0, 0.1) is 18.8 Å². The summed E-state index contributed by atoms with van der Waals surface area (Å²) < 4.78 is 0. The standard InChI is InChI=1S/C58H78N14O16S/c1-6-30(2)50-55(86)63-27-46(79)66-39(29-89-57-31(3)36-10-7-8-11-37(36)68-57)53(84)67-38(58(88)71-20-9-12-40(71)54(85)70-51(32(4)41(74)28-73)56(87)62-24-44(77)61-26-47(80)69-50)22-43(76)59-23-34-13-15-35(16-14-34)65-52(83)33(5)64-45(78)25-60-42(75)19-21-72-48(81)17-18-49(72)82/h7-8,10-11,13-18,30,32-33,38-41,50-51,58,68,73-74,88H,6,9,12,19-29H2,1-5H3,(H,59,76)(H,60,75)(H,61,77)(H,62,87)(H,63,86)(H,64,78)(H,65,83)(H,66,79)(H,67,84)(H,69,80)(H,70,85)/t30-,32-,33-,38-,39?,40-,41-,50-,51-,58-/m0/s1. The summed E-state index contributed by atoms with van der Waals surface area (Å²) in [6, 6.07) is 5.65. The van der Waals surface area contributed by atoms with Gasteiger partial charge < -0.3 is 78.8 Å². The second kappa shape index (κ2) is 33.0. The van der Waals surface area contributed by atoms with Crippen LogP contribution in [-0.4, -0.2) is 207 Å². The third-order valence-corrected chi connectivity index (χ3v) is 16.6. The Morgan fingerprint density at radius 2 is 1.39 bits per heavy atom. The molecule has 89 heavy (non-hydrogen) atoms. The van der Waals surface area contributed by atoms with Crippen LogP contribution in [0.4, 0.5) is 5.69 Å². The van der Waals surface area contributed by atoms with Crippen molar-refractivity contribution in [2.45, 2.75) is 127 Å². The maximum absolute atomic E-state index is 14.8. The highest BCUT2D eigenvalue weighted by atomic mass is 32.2. The van der Waals surface area contributed by atoms with Crippen molar-refractivity contribution in [1.29, 1.82) is 0 Å². The van der Waals surface area contributed by atoms with Crippen LogP contribution in [-0.2, 0) is 68.9 Å². The van der Waals surface area contributed by atoms with Crippen molar-refractivity contribution in [3.63, 3.8) is 0 Å². The van der Waals surface area contributed by atoms with Crippen LogP contribution < -0.4 is 58.5 Å². The maximum Gasteiger partial charge on any atom is 0.253 e. The van der Waals surface area contributed by atoms with Crippen LogP contribution in [0.3, 0.4) is 0 Å². The molecule has 0 radical (unpaired) electrons. The van der Waals surface area contributed by atoms with Gasteiger partial charge in [0, 0.05) is 66.5 Å². The van der Waals surface area contributed by atoms with E-state index >= 15 is 0 Å². The first-order valence-corrected chi connectivity index (χ1v) is 30.1. The Kier molecular flexibility index (Phi) is 25.7. The second-order valence-corrected chi connectivity index (χ2v) is 22.9. The molecular weight excluding hydrogens is 1180 g/mol. The topological polar surface area (TPSA) is 437 Å². The fourth-order valence-corrected chi connectivity index (χ4v) is 10.9. The number of fused-ring (bicyclic) bond motifs is 2. The lowest BCUT2D eigenvalue weighted by molar-refractivity contribution is -0.139. The lowest BCUT2D eigenvalue weighted by Gasteiger charge is -2.36. The molecule has 13 amide bonds. The summed E-state index contributed by atoms with van der Waals surface area (Å²) in [4.78, 5) is 177. The second-order valence-electron chi connectivity index (χ2n) is 21.9. The minimum atomic E-state index is -1.81. The predicted octanol–water partition coefficient (Wildman–Crippen LogP) is -3.73. The maximum atomic E-state index is 14.8. The molecular formula is C58H78N14O16S. The van der Waals surface area contributed by atoms with Crippen LogP contribution in [0.5, 0.6) is 0 Å². The van der Waals surface area contributed by atoms with Crippen LogP contribution in [0.1, 0.15) is 70.9 Å². The Hall–Kier alpha value is -8.78. The van der Waals surface area contributed by atoms with Crippen molar-refractivity contribution in [2.24, 2.45) is 11.8 Å². The number of para-hydroxylation sites is 1. The number of benzene rings is 2. The summed E-state index contributed by atoms with van der Waals surface area (Å²) in [6.45, 7) is 4.51. The molecule has 0 saturated carbocycles. The lowest BCUT2D eigenvalue weighted by Crippen LogP contribution is -2.62. The van der Waals surface area contributed by atoms with Crippen molar-refractivity contribution in [1.82, 2.24) is 68.0 Å². The average molecular weight is 1260 g/mol. The first-order valence-electron chi connectivity index (χ1n) is 29.1. The van der Waals surface area contributed by atoms with Crippen LogP contribution >= 0.6 is 11.8 Å². The van der Waals surface area contributed by atoms with Gasteiger partial charge in [-0.25, -0.2) is 0 Å². The van der Waals surface area contributed by atoms with E-state index in [1.807, 2.05) is 31.2 Å². The van der Waals surface area contributed by atoms with Crippen LogP contribution in [0.25, 0.3) is 10.9 Å². The largest absolute Gasteiger partial charge is 0.394 e. The molecule has 482 valence electrons. The molecule has 2 aromatic carbocycles. The first kappa shape index (κ1) is 69.3. The zero-order valence-electron chi connectivity index (χ0n) is 49.9. The third-order valence-electron chi connectivity index (χ3n) is 15.4. The summed E-state index contributed by atoms with van der Waals surface area (Å²) >= 11 is 1.18. The quantitative estimate of drug-likeness (QED) is 0.0382. The van der Waals surface area contributed by atoms with Gasteiger partial charge in [-0.3, -0.25) is 72.1 Å². The number of nitrogens with zero attached hydrogens (tertiary/aromatic N) is 2. The predicted molar refractivity (Wildman–Crippen MR) is 321 cm³/mol. The van der Waals surface area contributed by atoms with Gasteiger partial charge in [0.15, 0.2) is 0 Å². The van der Waals surface area contributed by atoms with E-state index in [2.05, 4.69) is 63.5 Å². The van der Waals surface area contributed by atoms with E-state index < -0.39 is 176 Å². The molecule has 4 heterocycles. The number of hydrogen-bond acceptors (Lipinski definition) is 18. The number of anilines is 1. The van der Waals surface area contributed by atoms with Gasteiger partial charge in [0.05, 0.1) is 62.4 Å². The van der Waals surface area contributed by atoms with Crippen molar-refractivity contribution in [3.05, 3.63) is 71.8 Å². The molecule has 0 bridgehead atoms. The van der Waals surface area contributed by atoms with Gasteiger partial charge >= 0.3 is 0 Å². The normalized spacial score (nSPS) is 22.6. The van der Waals surface area contributed by atoms with E-state index in [1.165, 1.54) is 42.6 Å². The zero-order chi connectivity index (χ0) is 65.1. The van der Waals surface area contributed by atoms with E-state index in [4.69, 9.17) is 0 Å². The number of aliphatic hydroxyl groups is 3. The zero-order valence-corrected chi connectivity index (χ0v) is 50.7. The number of aromatic amines is 1. The Labute approximate surface area is 516 Å². The molecule has 0 spiro atoms. The minimum Gasteiger partial charge on any atom is -0.394 e. The monoisotopic (exact) mass is 1260 g/mol. The fraction of sp³-hybridized carbons (Fsp3) is 0.500. The molecule has 6 rings (SSSR count). The number of carbonyl (C=O) groups excluding carboxylic acids is 13. The number of nitrogens with one attached hydrogen (secondary N) is 12. The number of rotatable bonds is 20. The summed E-state index contributed by atoms with van der Waals surface area (Å²) in [5, 5.41) is 62.4. The minimum absolute atomic E-state index is 0.0268. The van der Waals surface area contributed by atoms with E-state index in [1.54, 1.807) is 26.0 Å². The number of carbonyl (C=O) groups is 13. The van der Waals surface area contributed by atoms with Gasteiger partial charge in [-0.2, -0.15) is 0 Å². The first-order chi connectivity index (χ1) is 42.4. The molecule has 30 nitrogen and oxygen atoms in total. The van der Waals surface area contributed by atoms with Gasteiger partial charge in [0.2, 0.25) is 65.0 Å². The number of amides is 13. The van der Waals surface area contributed by atoms with E-state index in [0.29, 0.717) is 29.1 Å². The number of hydrogen-bond donors (Lipinski definition) is 15. The van der Waals surface area contributed by atoms with Crippen molar-refractivity contribution < 1.29 is 77.6 Å². The molecule has 3 aliphatic heterocycles. The van der Waals surface area contributed by atoms with Gasteiger partial charge in [0.25, 0.3) is 11.8 Å². The van der Waals surface area contributed by atoms with E-state index in [-0.39, 0.29) is 38.2 Å². The van der Waals surface area contributed by atoms with Gasteiger partial charge in [-0.1, -0.05) is 57.5 Å². The van der Waals surface area contributed by atoms with Gasteiger partial charge in [-0.15, -0.1) is 11.8 Å². The van der Waals surface area contributed by atoms with Crippen LogP contribution in [0.15, 0.2) is 65.7 Å².